The molecule has 1 aromatic heterocycles. The lowest BCUT2D eigenvalue weighted by molar-refractivity contribution is -0.113. The first-order chi connectivity index (χ1) is 14.0. The molecule has 10 heteroatoms. The summed E-state index contributed by atoms with van der Waals surface area (Å²) in [6, 6.07) is 13.7. The number of halogens is 1. The van der Waals surface area contributed by atoms with Crippen LogP contribution in [-0.4, -0.2) is 34.4 Å². The molecule has 150 valence electrons. The van der Waals surface area contributed by atoms with Gasteiger partial charge in [-0.3, -0.25) is 14.9 Å². The summed E-state index contributed by atoms with van der Waals surface area (Å²) in [4.78, 5) is 24.3. The van der Waals surface area contributed by atoms with Crippen LogP contribution in [0, 0.1) is 0 Å². The zero-order valence-electron chi connectivity index (χ0n) is 15.3. The van der Waals surface area contributed by atoms with Crippen molar-refractivity contribution in [2.75, 3.05) is 23.0 Å². The van der Waals surface area contributed by atoms with Crippen LogP contribution in [0.5, 0.6) is 5.75 Å². The maximum absolute atomic E-state index is 12.3. The second-order valence-electron chi connectivity index (χ2n) is 5.63. The molecule has 2 aromatic carbocycles. The Morgan fingerprint density at radius 2 is 1.79 bits per heavy atom. The van der Waals surface area contributed by atoms with Crippen LogP contribution in [0.3, 0.4) is 0 Å². The predicted octanol–water partition coefficient (Wildman–Crippen LogP) is 4.57. The highest BCUT2D eigenvalue weighted by atomic mass is 35.5. The fourth-order valence-electron chi connectivity index (χ4n) is 2.21. The van der Waals surface area contributed by atoms with Crippen molar-refractivity contribution in [2.45, 2.75) is 11.3 Å². The number of rotatable bonds is 8. The Kier molecular flexibility index (Phi) is 7.45. The zero-order valence-corrected chi connectivity index (χ0v) is 17.7. The molecule has 0 saturated carbocycles. The van der Waals surface area contributed by atoms with E-state index in [0.717, 1.165) is 0 Å². The number of carbonyl (C=O) groups is 2. The Hall–Kier alpha value is -2.62. The summed E-state index contributed by atoms with van der Waals surface area (Å²) in [7, 11) is 0. The summed E-state index contributed by atoms with van der Waals surface area (Å²) in [6.07, 6.45) is 0. The molecule has 1 heterocycles. The van der Waals surface area contributed by atoms with Crippen molar-refractivity contribution in [3.05, 3.63) is 59.1 Å². The first-order valence-electron chi connectivity index (χ1n) is 8.59. The van der Waals surface area contributed by atoms with Crippen molar-refractivity contribution in [3.63, 3.8) is 0 Å². The molecule has 3 rings (SSSR count). The molecule has 0 radical (unpaired) electrons. The predicted molar refractivity (Wildman–Crippen MR) is 116 cm³/mol. The molecule has 0 spiro atoms. The molecule has 0 saturated heterocycles. The van der Waals surface area contributed by atoms with Gasteiger partial charge in [-0.05, 0) is 55.5 Å². The van der Waals surface area contributed by atoms with E-state index in [1.807, 2.05) is 6.92 Å². The van der Waals surface area contributed by atoms with E-state index in [4.69, 9.17) is 16.3 Å². The van der Waals surface area contributed by atoms with Crippen LogP contribution >= 0.6 is 34.7 Å². The first kappa shape index (κ1) is 21.1. The Bertz CT molecular complexity index is 978. The largest absolute Gasteiger partial charge is 0.494 e. The number of benzene rings is 2. The maximum atomic E-state index is 12.3. The topological polar surface area (TPSA) is 93.2 Å². The van der Waals surface area contributed by atoms with Gasteiger partial charge in [-0.2, -0.15) is 0 Å². The van der Waals surface area contributed by atoms with E-state index < -0.39 is 0 Å². The van der Waals surface area contributed by atoms with Crippen LogP contribution in [0.25, 0.3) is 0 Å². The number of thioether (sulfide) groups is 1. The van der Waals surface area contributed by atoms with Gasteiger partial charge in [0, 0.05) is 16.3 Å². The number of anilines is 2. The number of aromatic nitrogens is 2. The molecule has 0 atom stereocenters. The lowest BCUT2D eigenvalue weighted by Crippen LogP contribution is -2.13. The third-order valence-corrected chi connectivity index (χ3v) is 5.73. The molecule has 2 amide bonds. The summed E-state index contributed by atoms with van der Waals surface area (Å²) >= 11 is 8.27. The van der Waals surface area contributed by atoms with E-state index in [1.165, 1.54) is 23.1 Å². The van der Waals surface area contributed by atoms with E-state index in [2.05, 4.69) is 20.8 Å². The fraction of sp³-hybridized carbons (Fsp3) is 0.158. The number of ether oxygens (including phenoxy) is 1. The Labute approximate surface area is 180 Å². The van der Waals surface area contributed by atoms with Gasteiger partial charge >= 0.3 is 0 Å². The lowest BCUT2D eigenvalue weighted by Gasteiger charge is -2.04. The van der Waals surface area contributed by atoms with E-state index in [1.54, 1.807) is 48.5 Å². The van der Waals surface area contributed by atoms with Gasteiger partial charge in [0.2, 0.25) is 11.0 Å². The van der Waals surface area contributed by atoms with Crippen molar-refractivity contribution >= 4 is 57.3 Å². The highest BCUT2D eigenvalue weighted by Crippen LogP contribution is 2.26. The second kappa shape index (κ2) is 10.2. The molecule has 2 N–H and O–H groups in total. The normalized spacial score (nSPS) is 10.4. The van der Waals surface area contributed by atoms with Crippen LogP contribution in [0.1, 0.15) is 17.3 Å². The molecular weight excluding hydrogens is 432 g/mol. The summed E-state index contributed by atoms with van der Waals surface area (Å²) in [5.74, 6) is 0.411. The van der Waals surface area contributed by atoms with Crippen LogP contribution in [-0.2, 0) is 4.79 Å². The lowest BCUT2D eigenvalue weighted by atomic mass is 10.2. The zero-order chi connectivity index (χ0) is 20.6. The van der Waals surface area contributed by atoms with Gasteiger partial charge in [-0.15, -0.1) is 10.2 Å². The highest BCUT2D eigenvalue weighted by Gasteiger charge is 2.12. The number of nitrogens with one attached hydrogen (secondary N) is 2. The van der Waals surface area contributed by atoms with Crippen molar-refractivity contribution in [1.82, 2.24) is 10.2 Å². The first-order valence-corrected chi connectivity index (χ1v) is 10.8. The highest BCUT2D eigenvalue weighted by molar-refractivity contribution is 8.01. The number of hydrogen-bond acceptors (Lipinski definition) is 7. The molecule has 29 heavy (non-hydrogen) atoms. The molecule has 0 fully saturated rings. The Balaban J connectivity index is 1.49. The van der Waals surface area contributed by atoms with Crippen LogP contribution in [0.15, 0.2) is 52.9 Å². The number of nitrogens with zero attached hydrogens (tertiary/aromatic N) is 2. The molecule has 0 aliphatic carbocycles. The number of amides is 2. The van der Waals surface area contributed by atoms with E-state index in [-0.39, 0.29) is 17.6 Å². The molecule has 0 bridgehead atoms. The van der Waals surface area contributed by atoms with Gasteiger partial charge in [0.25, 0.3) is 5.91 Å². The minimum Gasteiger partial charge on any atom is -0.494 e. The molecule has 0 unspecified atom stereocenters. The average Bonchev–Trinajstić information content (AvgIpc) is 3.16. The van der Waals surface area contributed by atoms with Gasteiger partial charge in [0.05, 0.1) is 12.4 Å². The maximum Gasteiger partial charge on any atom is 0.257 e. The molecular formula is C19H17ClN4O3S2. The van der Waals surface area contributed by atoms with Crippen molar-refractivity contribution in [1.29, 1.82) is 0 Å². The average molecular weight is 449 g/mol. The third kappa shape index (κ3) is 6.45. The fourth-order valence-corrected chi connectivity index (χ4v) is 3.89. The smallest absolute Gasteiger partial charge is 0.257 e. The number of carbonyl (C=O) groups excluding carboxylic acids is 2. The Morgan fingerprint density at radius 3 is 2.48 bits per heavy atom. The van der Waals surface area contributed by atoms with E-state index in [9.17, 15) is 9.59 Å². The molecule has 0 aliphatic rings. The van der Waals surface area contributed by atoms with Gasteiger partial charge in [-0.1, -0.05) is 34.7 Å². The van der Waals surface area contributed by atoms with Crippen molar-refractivity contribution in [2.24, 2.45) is 0 Å². The number of hydrogen-bond donors (Lipinski definition) is 2. The monoisotopic (exact) mass is 448 g/mol. The molecule has 3 aromatic rings. The van der Waals surface area contributed by atoms with Gasteiger partial charge in [-0.25, -0.2) is 0 Å². The van der Waals surface area contributed by atoms with Gasteiger partial charge in [0.15, 0.2) is 4.34 Å². The standard InChI is InChI=1S/C19H17ClN4O3S2/c1-2-27-15-9-3-12(4-10-15)17(26)22-18-23-24-19(29-18)28-11-16(25)21-14-7-5-13(20)6-8-14/h3-10H,2,11H2,1H3,(H,21,25)(H,22,23,26). The van der Waals surface area contributed by atoms with Crippen LogP contribution in [0.4, 0.5) is 10.8 Å². The molecule has 7 nitrogen and oxygen atoms in total. The van der Waals surface area contributed by atoms with E-state index in [0.29, 0.717) is 38.1 Å². The summed E-state index contributed by atoms with van der Waals surface area (Å²) in [5, 5.41) is 14.4. The Morgan fingerprint density at radius 1 is 1.07 bits per heavy atom. The minimum atomic E-state index is -0.291. The van der Waals surface area contributed by atoms with Crippen LogP contribution in [0.2, 0.25) is 5.02 Å². The van der Waals surface area contributed by atoms with Crippen molar-refractivity contribution < 1.29 is 14.3 Å². The van der Waals surface area contributed by atoms with Crippen molar-refractivity contribution in [3.8, 4) is 5.75 Å². The van der Waals surface area contributed by atoms with Gasteiger partial charge < -0.3 is 10.1 Å². The van der Waals surface area contributed by atoms with Crippen LogP contribution < -0.4 is 15.4 Å². The summed E-state index contributed by atoms with van der Waals surface area (Å²) in [6.45, 7) is 2.46. The minimum absolute atomic E-state index is 0.171. The SMILES string of the molecule is CCOc1ccc(C(=O)Nc2nnc(SCC(=O)Nc3ccc(Cl)cc3)s2)cc1. The molecule has 0 aliphatic heterocycles. The summed E-state index contributed by atoms with van der Waals surface area (Å²) < 4.78 is 5.94. The quantitative estimate of drug-likeness (QED) is 0.387. The third-order valence-electron chi connectivity index (χ3n) is 3.51. The van der Waals surface area contributed by atoms with E-state index >= 15 is 0 Å². The second-order valence-corrected chi connectivity index (χ2v) is 8.26. The van der Waals surface area contributed by atoms with Gasteiger partial charge in [0.1, 0.15) is 5.75 Å². The summed E-state index contributed by atoms with van der Waals surface area (Å²) in [5.41, 5.74) is 1.15.